The number of nitrogens with zero attached hydrogens (tertiary/aromatic N) is 2. The molecule has 1 heterocycles. The van der Waals surface area contributed by atoms with Crippen molar-refractivity contribution >= 4 is 29.0 Å². The van der Waals surface area contributed by atoms with Gasteiger partial charge in [-0.05, 0) is 38.2 Å². The number of methoxy groups -OCH3 is 1. The largest absolute Gasteiger partial charge is 0.496 e. The normalized spacial score (nSPS) is 10.5. The van der Waals surface area contributed by atoms with Gasteiger partial charge in [0.1, 0.15) is 11.6 Å². The number of nitrogens with one attached hydrogen (secondary N) is 1. The maximum absolute atomic E-state index is 5.41. The van der Waals surface area contributed by atoms with E-state index in [-0.39, 0.29) is 12.4 Å². The van der Waals surface area contributed by atoms with Gasteiger partial charge in [-0.1, -0.05) is 26.0 Å². The molecule has 0 atom stereocenters. The van der Waals surface area contributed by atoms with Crippen molar-refractivity contribution in [2.24, 2.45) is 0 Å². The lowest BCUT2D eigenvalue weighted by Gasteiger charge is -2.18. The molecule has 1 N–H and O–H groups in total. The average molecular weight is 324 g/mol. The first-order valence-corrected chi connectivity index (χ1v) is 7.68. The summed E-state index contributed by atoms with van der Waals surface area (Å²) in [6.45, 7) is 8.68. The van der Waals surface area contributed by atoms with Crippen LogP contribution in [0.1, 0.15) is 20.3 Å². The second kappa shape index (κ2) is 9.49. The van der Waals surface area contributed by atoms with Gasteiger partial charge in [-0.15, -0.1) is 12.4 Å². The number of aromatic nitrogens is 1. The second-order valence-electron chi connectivity index (χ2n) is 5.02. The van der Waals surface area contributed by atoms with Gasteiger partial charge in [-0.2, -0.15) is 0 Å². The summed E-state index contributed by atoms with van der Waals surface area (Å²) in [5.41, 5.74) is 0. The van der Waals surface area contributed by atoms with E-state index in [2.05, 4.69) is 35.1 Å². The van der Waals surface area contributed by atoms with E-state index in [1.165, 1.54) is 0 Å². The molecule has 0 spiro atoms. The number of fused-ring (bicyclic) bond motifs is 1. The lowest BCUT2D eigenvalue weighted by molar-refractivity contribution is 0.303. The van der Waals surface area contributed by atoms with Gasteiger partial charge in [0.15, 0.2) is 0 Å². The van der Waals surface area contributed by atoms with E-state index >= 15 is 0 Å². The van der Waals surface area contributed by atoms with E-state index in [0.717, 1.165) is 54.9 Å². The number of ether oxygens (including phenoxy) is 1. The fraction of sp³-hybridized carbons (Fsp3) is 0.471. The molecule has 4 nitrogen and oxygen atoms in total. The number of benzene rings is 1. The van der Waals surface area contributed by atoms with E-state index in [4.69, 9.17) is 4.74 Å². The van der Waals surface area contributed by atoms with Crippen molar-refractivity contribution < 1.29 is 4.74 Å². The zero-order valence-electron chi connectivity index (χ0n) is 13.6. The fourth-order valence-electron chi connectivity index (χ4n) is 2.55. The van der Waals surface area contributed by atoms with Crippen LogP contribution in [0.3, 0.4) is 0 Å². The van der Waals surface area contributed by atoms with Gasteiger partial charge in [-0.25, -0.2) is 4.98 Å². The highest BCUT2D eigenvalue weighted by atomic mass is 35.5. The molecule has 5 heteroatoms. The zero-order valence-corrected chi connectivity index (χ0v) is 14.4. The second-order valence-corrected chi connectivity index (χ2v) is 5.02. The molecule has 22 heavy (non-hydrogen) atoms. The van der Waals surface area contributed by atoms with E-state index in [9.17, 15) is 0 Å². The van der Waals surface area contributed by atoms with E-state index in [1.807, 2.05) is 24.4 Å². The molecule has 0 bridgehead atoms. The molecule has 0 aliphatic rings. The summed E-state index contributed by atoms with van der Waals surface area (Å²) in [6.07, 6.45) is 2.95. The molecule has 122 valence electrons. The summed E-state index contributed by atoms with van der Waals surface area (Å²) in [5, 5.41) is 5.66. The number of anilines is 1. The third-order valence-electron chi connectivity index (χ3n) is 3.82. The highest BCUT2D eigenvalue weighted by Crippen LogP contribution is 2.28. The summed E-state index contributed by atoms with van der Waals surface area (Å²) in [6, 6.07) is 8.06. The first kappa shape index (κ1) is 18.5. The number of halogens is 1. The molecule has 0 aliphatic heterocycles. The Morgan fingerprint density at radius 1 is 1.14 bits per heavy atom. The molecule has 0 saturated carbocycles. The minimum absolute atomic E-state index is 0. The summed E-state index contributed by atoms with van der Waals surface area (Å²) in [5.74, 6) is 1.83. The summed E-state index contributed by atoms with van der Waals surface area (Å²) >= 11 is 0. The van der Waals surface area contributed by atoms with Crippen LogP contribution in [0.4, 0.5) is 5.82 Å². The van der Waals surface area contributed by atoms with E-state index < -0.39 is 0 Å². The number of pyridine rings is 1. The summed E-state index contributed by atoms with van der Waals surface area (Å²) < 4.78 is 5.41. The maximum atomic E-state index is 5.41. The monoisotopic (exact) mass is 323 g/mol. The first-order valence-electron chi connectivity index (χ1n) is 7.68. The molecule has 1 aromatic carbocycles. The molecular weight excluding hydrogens is 298 g/mol. The third kappa shape index (κ3) is 4.49. The van der Waals surface area contributed by atoms with Gasteiger partial charge in [0.05, 0.1) is 7.11 Å². The van der Waals surface area contributed by atoms with Crippen molar-refractivity contribution in [2.45, 2.75) is 20.3 Å². The van der Waals surface area contributed by atoms with Crippen LogP contribution in [0.25, 0.3) is 10.8 Å². The minimum Gasteiger partial charge on any atom is -0.496 e. The molecule has 2 rings (SSSR count). The Bertz CT molecular complexity index is 573. The summed E-state index contributed by atoms with van der Waals surface area (Å²) in [7, 11) is 1.70. The standard InChI is InChI=1S/C17H25N3O.ClH/c1-4-20(5-2)13-7-11-18-17-15-8-6-9-16(21-3)14(15)10-12-19-17;/h6,8-10,12H,4-5,7,11,13H2,1-3H3,(H,18,19);1H. The van der Waals surface area contributed by atoms with Crippen molar-refractivity contribution in [1.29, 1.82) is 0 Å². The van der Waals surface area contributed by atoms with Gasteiger partial charge in [-0.3, -0.25) is 0 Å². The van der Waals surface area contributed by atoms with Crippen LogP contribution in [-0.4, -0.2) is 43.2 Å². The van der Waals surface area contributed by atoms with Crippen molar-refractivity contribution in [2.75, 3.05) is 38.6 Å². The Labute approximate surface area is 139 Å². The molecule has 0 unspecified atom stereocenters. The molecule has 2 aromatic rings. The van der Waals surface area contributed by atoms with Crippen molar-refractivity contribution in [1.82, 2.24) is 9.88 Å². The Hall–Kier alpha value is -1.52. The molecule has 0 fully saturated rings. The molecule has 0 amide bonds. The van der Waals surface area contributed by atoms with Crippen LogP contribution < -0.4 is 10.1 Å². The SMILES string of the molecule is CCN(CC)CCCNc1nccc2c(OC)cccc12.Cl. The number of rotatable bonds is 8. The molecule has 0 aliphatic carbocycles. The Kier molecular flexibility index (Phi) is 7.99. The minimum atomic E-state index is 0. The zero-order chi connectivity index (χ0) is 15.1. The molecule has 0 saturated heterocycles. The molecular formula is C17H26ClN3O. The smallest absolute Gasteiger partial charge is 0.133 e. The number of hydrogen-bond acceptors (Lipinski definition) is 4. The van der Waals surface area contributed by atoms with Crippen LogP contribution in [0.15, 0.2) is 30.5 Å². The predicted octanol–water partition coefficient (Wildman–Crippen LogP) is 3.81. The summed E-state index contributed by atoms with van der Waals surface area (Å²) in [4.78, 5) is 6.89. The Morgan fingerprint density at radius 3 is 2.59 bits per heavy atom. The molecule has 0 radical (unpaired) electrons. The quantitative estimate of drug-likeness (QED) is 0.750. The predicted molar refractivity (Wildman–Crippen MR) is 96.4 cm³/mol. The van der Waals surface area contributed by atoms with Crippen LogP contribution in [0.2, 0.25) is 0 Å². The van der Waals surface area contributed by atoms with Crippen LogP contribution >= 0.6 is 12.4 Å². The van der Waals surface area contributed by atoms with E-state index in [1.54, 1.807) is 7.11 Å². The van der Waals surface area contributed by atoms with Gasteiger partial charge in [0.2, 0.25) is 0 Å². The van der Waals surface area contributed by atoms with Crippen LogP contribution in [0.5, 0.6) is 5.75 Å². The van der Waals surface area contributed by atoms with Gasteiger partial charge in [0, 0.05) is 23.5 Å². The highest BCUT2D eigenvalue weighted by Gasteiger charge is 2.06. The topological polar surface area (TPSA) is 37.4 Å². The van der Waals surface area contributed by atoms with Crippen molar-refractivity contribution in [3.8, 4) is 5.75 Å². The fourth-order valence-corrected chi connectivity index (χ4v) is 2.55. The van der Waals surface area contributed by atoms with Gasteiger partial charge < -0.3 is 15.0 Å². The lowest BCUT2D eigenvalue weighted by Crippen LogP contribution is -2.25. The lowest BCUT2D eigenvalue weighted by atomic mass is 10.1. The van der Waals surface area contributed by atoms with Crippen LogP contribution in [-0.2, 0) is 0 Å². The Balaban J connectivity index is 0.00000242. The maximum Gasteiger partial charge on any atom is 0.133 e. The number of hydrogen-bond donors (Lipinski definition) is 1. The van der Waals surface area contributed by atoms with Crippen LogP contribution in [0, 0.1) is 0 Å². The van der Waals surface area contributed by atoms with Gasteiger partial charge in [0.25, 0.3) is 0 Å². The highest BCUT2D eigenvalue weighted by molar-refractivity contribution is 5.95. The molecule has 1 aromatic heterocycles. The van der Waals surface area contributed by atoms with Gasteiger partial charge >= 0.3 is 0 Å². The van der Waals surface area contributed by atoms with Crippen molar-refractivity contribution in [3.05, 3.63) is 30.5 Å². The first-order chi connectivity index (χ1) is 10.3. The van der Waals surface area contributed by atoms with E-state index in [0.29, 0.717) is 0 Å². The van der Waals surface area contributed by atoms with Crippen molar-refractivity contribution in [3.63, 3.8) is 0 Å². The third-order valence-corrected chi connectivity index (χ3v) is 3.82. The average Bonchev–Trinajstić information content (AvgIpc) is 2.54. The Morgan fingerprint density at radius 2 is 1.91 bits per heavy atom.